The predicted octanol–water partition coefficient (Wildman–Crippen LogP) is 25.8. The lowest BCUT2D eigenvalue weighted by molar-refractivity contribution is 0.667. The number of nitrogens with zero attached hydrogens (tertiary/aromatic N) is 10. The van der Waals surface area contributed by atoms with Crippen LogP contribution in [0, 0.1) is 0 Å². The van der Waals surface area contributed by atoms with Gasteiger partial charge in [0.1, 0.15) is 28.0 Å². The number of para-hydroxylation sites is 2. The highest BCUT2D eigenvalue weighted by molar-refractivity contribution is 7.26. The third-order valence-electron chi connectivity index (χ3n) is 20.9. The molecule has 0 atom stereocenters. The molecule has 0 saturated carbocycles. The second-order valence-electron chi connectivity index (χ2n) is 27.7. The third kappa shape index (κ3) is 11.3. The maximum atomic E-state index is 6.83. The van der Waals surface area contributed by atoms with Crippen LogP contribution in [-0.4, -0.2) is 49.8 Å². The van der Waals surface area contributed by atoms with Crippen LogP contribution in [0.2, 0.25) is 0 Å². The highest BCUT2D eigenvalue weighted by Gasteiger charge is 2.24. The van der Waals surface area contributed by atoms with E-state index in [-0.39, 0.29) is 0 Å². The van der Waals surface area contributed by atoms with E-state index in [1.807, 2.05) is 140 Å². The van der Waals surface area contributed by atoms with Crippen LogP contribution < -0.4 is 0 Å². The molecule has 14 heteroatoms. The molecule has 0 fully saturated rings. The van der Waals surface area contributed by atoms with Crippen LogP contribution in [0.4, 0.5) is 0 Å². The molecule has 0 aliphatic heterocycles. The average molecular weight is 1470 g/mol. The van der Waals surface area contributed by atoms with Gasteiger partial charge in [-0.05, 0) is 100 Å². The first kappa shape index (κ1) is 64.5. The summed E-state index contributed by atoms with van der Waals surface area (Å²) in [6, 6.07) is 117. The zero-order valence-corrected chi connectivity index (χ0v) is 61.1. The van der Waals surface area contributed by atoms with E-state index in [0.29, 0.717) is 57.8 Å². The van der Waals surface area contributed by atoms with E-state index in [0.717, 1.165) is 159 Å². The van der Waals surface area contributed by atoms with Crippen molar-refractivity contribution < 1.29 is 8.83 Å². The fourth-order valence-electron chi connectivity index (χ4n) is 15.3. The zero-order chi connectivity index (χ0) is 73.7. The van der Waals surface area contributed by atoms with Crippen LogP contribution in [0.25, 0.3) is 231 Å². The van der Waals surface area contributed by atoms with Gasteiger partial charge in [-0.2, -0.15) is 0 Å². The van der Waals surface area contributed by atoms with Crippen molar-refractivity contribution in [3.8, 4) is 147 Å². The Kier molecular flexibility index (Phi) is 15.3. The lowest BCUT2D eigenvalue weighted by Gasteiger charge is -2.11. The van der Waals surface area contributed by atoms with Crippen LogP contribution in [0.1, 0.15) is 0 Å². The lowest BCUT2D eigenvalue weighted by Crippen LogP contribution is -2.00. The van der Waals surface area contributed by atoms with Crippen LogP contribution in [0.3, 0.4) is 0 Å². The maximum absolute atomic E-state index is 6.83. The van der Waals surface area contributed by atoms with Crippen molar-refractivity contribution in [3.63, 3.8) is 0 Å². The molecule has 14 aromatic carbocycles. The molecular formula is C98H56N10O2S2. The van der Waals surface area contributed by atoms with Crippen molar-refractivity contribution >= 4 is 107 Å². The number of hydrogen-bond acceptors (Lipinski definition) is 14. The van der Waals surface area contributed by atoms with Gasteiger partial charge in [0.2, 0.25) is 0 Å². The summed E-state index contributed by atoms with van der Waals surface area (Å²) in [5.41, 5.74) is 21.6. The number of furan rings is 2. The van der Waals surface area contributed by atoms with E-state index in [1.165, 1.54) is 14.8 Å². The van der Waals surface area contributed by atoms with Crippen molar-refractivity contribution in [1.82, 2.24) is 49.8 Å². The fourth-order valence-corrected chi connectivity index (χ4v) is 17.6. The van der Waals surface area contributed by atoms with Gasteiger partial charge >= 0.3 is 0 Å². The average Bonchev–Trinajstić information content (AvgIpc) is 1.60. The van der Waals surface area contributed by atoms with Gasteiger partial charge in [-0.1, -0.05) is 273 Å². The first-order valence-electron chi connectivity index (χ1n) is 36.9. The van der Waals surface area contributed by atoms with E-state index < -0.39 is 0 Å². The molecule has 22 rings (SSSR count). The molecule has 0 aliphatic carbocycles. The minimum absolute atomic E-state index is 0.539. The molecule has 522 valence electrons. The number of aromatic nitrogens is 10. The van der Waals surface area contributed by atoms with E-state index in [9.17, 15) is 0 Å². The standard InChI is InChI=1S/C98H56N10O2S2/c1-5-20-60(21-6-1)84-89-86(74-30-13-15-35-78(74)109-89)101-91(99-84)66-48-42-59(43-49-66)71-32-19-37-82-83(71)77-55-70(51-53-81(77)111-82)97-105-93(62-22-7-2-8-23-62)104-96(106-97)69-29-17-28-67(54-69)57-38-44-61(45-39-57)85-90-87(75-31-14-16-36-80(75)112-90)102-92(100-85)65-46-40-58(41-47-65)68-50-52-72-73-33-18-34-76(88(73)110-79(72)56-68)98-107-94(63-24-9-3-10-25-63)103-95(108-98)64-26-11-4-12-27-64/h1-56H. The van der Waals surface area contributed by atoms with E-state index in [4.69, 9.17) is 58.7 Å². The normalized spacial score (nSPS) is 11.8. The Morgan fingerprint density at radius 3 is 1.29 bits per heavy atom. The van der Waals surface area contributed by atoms with Gasteiger partial charge in [-0.15, -0.1) is 22.7 Å². The van der Waals surface area contributed by atoms with Crippen LogP contribution in [0.5, 0.6) is 0 Å². The Bertz CT molecular complexity index is 7420. The molecule has 0 spiro atoms. The topological polar surface area (TPSA) is 155 Å². The molecule has 8 aromatic heterocycles. The van der Waals surface area contributed by atoms with Crippen molar-refractivity contribution in [3.05, 3.63) is 340 Å². The van der Waals surface area contributed by atoms with Gasteiger partial charge in [-0.3, -0.25) is 0 Å². The second kappa shape index (κ2) is 26.6. The molecule has 0 saturated heterocycles. The van der Waals surface area contributed by atoms with Crippen LogP contribution in [-0.2, 0) is 0 Å². The van der Waals surface area contributed by atoms with Crippen molar-refractivity contribution in [1.29, 1.82) is 0 Å². The smallest absolute Gasteiger partial charge is 0.180 e. The second-order valence-corrected chi connectivity index (χ2v) is 29.9. The van der Waals surface area contributed by atoms with Gasteiger partial charge in [0.25, 0.3) is 0 Å². The fraction of sp³-hybridized carbons (Fsp3) is 0. The Labute approximate surface area is 648 Å². The van der Waals surface area contributed by atoms with Gasteiger partial charge in [-0.25, -0.2) is 49.8 Å². The lowest BCUT2D eigenvalue weighted by atomic mass is 9.97. The number of thiophene rings is 2. The summed E-state index contributed by atoms with van der Waals surface area (Å²) in [6.45, 7) is 0. The van der Waals surface area contributed by atoms with Gasteiger partial charge < -0.3 is 8.83 Å². The summed E-state index contributed by atoms with van der Waals surface area (Å²) >= 11 is 3.50. The maximum Gasteiger partial charge on any atom is 0.180 e. The molecule has 0 radical (unpaired) electrons. The summed E-state index contributed by atoms with van der Waals surface area (Å²) in [4.78, 5) is 51.9. The first-order chi connectivity index (χ1) is 55.4. The third-order valence-corrected chi connectivity index (χ3v) is 23.2. The number of fused-ring (bicyclic) bond motifs is 12. The van der Waals surface area contributed by atoms with Crippen molar-refractivity contribution in [2.75, 3.05) is 0 Å². The Morgan fingerprint density at radius 2 is 0.616 bits per heavy atom. The predicted molar refractivity (Wildman–Crippen MR) is 455 cm³/mol. The van der Waals surface area contributed by atoms with Crippen molar-refractivity contribution in [2.45, 2.75) is 0 Å². The monoisotopic (exact) mass is 1470 g/mol. The van der Waals surface area contributed by atoms with Crippen molar-refractivity contribution in [2.24, 2.45) is 0 Å². The number of hydrogen-bond donors (Lipinski definition) is 0. The molecule has 12 nitrogen and oxygen atoms in total. The molecule has 0 amide bonds. The van der Waals surface area contributed by atoms with Gasteiger partial charge in [0, 0.05) is 96.5 Å². The molecule has 22 aromatic rings. The molecule has 0 unspecified atom stereocenters. The summed E-state index contributed by atoms with van der Waals surface area (Å²) in [5, 5.41) is 6.33. The highest BCUT2D eigenvalue weighted by atomic mass is 32.1. The summed E-state index contributed by atoms with van der Waals surface area (Å²) < 4.78 is 17.8. The number of rotatable bonds is 13. The molecule has 0 N–H and O–H groups in total. The van der Waals surface area contributed by atoms with Gasteiger partial charge in [0.05, 0.1) is 21.5 Å². The van der Waals surface area contributed by atoms with Crippen LogP contribution >= 0.6 is 22.7 Å². The summed E-state index contributed by atoms with van der Waals surface area (Å²) in [7, 11) is 0. The SMILES string of the molecule is c1ccc(-c2nc(-c3cccc(-c4ccc(-c5nc(-c6ccc(-c7ccc8c(c7)oc7c(-c9nc(-c%10ccccc%10)nc(-c%10ccccc%10)n9)cccc78)cc6)nc6c5sc5ccccc56)cc4)c3)nc(-c3ccc4sc5cccc(-c6ccc(-c7nc(-c8ccccc8)c8oc9ccccc9c8n7)cc6)c5c4c3)n2)cc1. The summed E-state index contributed by atoms with van der Waals surface area (Å²) in [5.74, 6) is 4.74. The highest BCUT2D eigenvalue weighted by Crippen LogP contribution is 2.46. The minimum Gasteiger partial charge on any atom is -0.455 e. The molecule has 8 heterocycles. The Hall–Kier alpha value is -14.7. The Balaban J connectivity index is 0.568. The largest absolute Gasteiger partial charge is 0.455 e. The summed E-state index contributed by atoms with van der Waals surface area (Å²) in [6.07, 6.45) is 0. The van der Waals surface area contributed by atoms with E-state index >= 15 is 0 Å². The van der Waals surface area contributed by atoms with Crippen LogP contribution in [0.15, 0.2) is 349 Å². The molecular weight excluding hydrogens is 1410 g/mol. The minimum atomic E-state index is 0.539. The first-order valence-corrected chi connectivity index (χ1v) is 38.5. The van der Waals surface area contributed by atoms with Gasteiger partial charge in [0.15, 0.2) is 52.2 Å². The Morgan fingerprint density at radius 1 is 0.196 bits per heavy atom. The molecule has 112 heavy (non-hydrogen) atoms. The molecule has 0 bridgehead atoms. The quantitative estimate of drug-likeness (QED) is 0.108. The zero-order valence-electron chi connectivity index (χ0n) is 59.4. The molecule has 0 aliphatic rings. The number of benzene rings is 14. The van der Waals surface area contributed by atoms with E-state index in [1.54, 1.807) is 22.7 Å². The van der Waals surface area contributed by atoms with E-state index in [2.05, 4.69) is 200 Å².